The van der Waals surface area contributed by atoms with Crippen molar-refractivity contribution in [2.24, 2.45) is 0 Å². The minimum absolute atomic E-state index is 0.0320. The molecule has 4 rings (SSSR count). The Balaban J connectivity index is 1.46. The number of sulfonamides is 1. The fourth-order valence-electron chi connectivity index (χ4n) is 3.64. The van der Waals surface area contributed by atoms with Crippen molar-refractivity contribution < 1.29 is 22.3 Å². The Labute approximate surface area is 196 Å². The Morgan fingerprint density at radius 2 is 1.76 bits per heavy atom. The highest BCUT2D eigenvalue weighted by Crippen LogP contribution is 2.28. The lowest BCUT2D eigenvalue weighted by molar-refractivity contribution is 0.102. The van der Waals surface area contributed by atoms with Crippen molar-refractivity contribution in [2.75, 3.05) is 43.5 Å². The number of benzene rings is 2. The number of carbonyl (C=O) groups excluding carboxylic acids is 1. The fraction of sp³-hybridized carbons (Fsp3) is 0.261. The van der Waals surface area contributed by atoms with Crippen LogP contribution in [0, 0.1) is 12.7 Å². The second-order valence-electron chi connectivity index (χ2n) is 7.62. The van der Waals surface area contributed by atoms with Gasteiger partial charge in [0.2, 0.25) is 10.0 Å². The van der Waals surface area contributed by atoms with Crippen molar-refractivity contribution in [1.82, 2.24) is 4.31 Å². The van der Waals surface area contributed by atoms with Crippen LogP contribution in [0.4, 0.5) is 15.8 Å². The molecule has 1 aliphatic rings. The molecule has 10 heteroatoms. The average molecular weight is 490 g/mol. The number of methoxy groups -OCH3 is 1. The molecule has 0 saturated carbocycles. The maximum atomic E-state index is 13.8. The van der Waals surface area contributed by atoms with Crippen LogP contribution in [0.5, 0.6) is 5.75 Å². The van der Waals surface area contributed by atoms with Gasteiger partial charge in [0, 0.05) is 37.6 Å². The third kappa shape index (κ3) is 4.87. The lowest BCUT2D eigenvalue weighted by atomic mass is 10.2. The maximum Gasteiger partial charge on any atom is 0.267 e. The van der Waals surface area contributed by atoms with E-state index in [1.807, 2.05) is 24.3 Å². The Kier molecular flexibility index (Phi) is 6.68. The number of carbonyl (C=O) groups is 1. The smallest absolute Gasteiger partial charge is 0.267 e. The third-order valence-corrected chi connectivity index (χ3v) is 8.54. The standard InChI is InChI=1S/C23H24FN3O4S2/c1-16-3-4-17(15-20(16)24)25-23(28)22-21(9-14-32-22)33(29,30)27-12-10-26(11-13-27)18-5-7-19(31-2)8-6-18/h3-9,14-15H,10-13H2,1-2H3,(H,25,28). The highest BCUT2D eigenvalue weighted by atomic mass is 32.2. The zero-order valence-electron chi connectivity index (χ0n) is 18.2. The molecule has 174 valence electrons. The van der Waals surface area contributed by atoms with Gasteiger partial charge in [0.1, 0.15) is 21.3 Å². The van der Waals surface area contributed by atoms with Crippen LogP contribution in [-0.4, -0.2) is 51.9 Å². The van der Waals surface area contributed by atoms with E-state index >= 15 is 0 Å². The normalized spacial score (nSPS) is 14.8. The van der Waals surface area contributed by atoms with Crippen LogP contribution in [0.3, 0.4) is 0 Å². The van der Waals surface area contributed by atoms with Gasteiger partial charge in [-0.1, -0.05) is 6.07 Å². The summed E-state index contributed by atoms with van der Waals surface area (Å²) >= 11 is 1.04. The lowest BCUT2D eigenvalue weighted by Crippen LogP contribution is -2.48. The number of hydrogen-bond donors (Lipinski definition) is 1. The summed E-state index contributed by atoms with van der Waals surface area (Å²) in [4.78, 5) is 14.9. The number of ether oxygens (including phenoxy) is 1. The first-order valence-corrected chi connectivity index (χ1v) is 12.7. The highest BCUT2D eigenvalue weighted by molar-refractivity contribution is 7.89. The monoisotopic (exact) mass is 489 g/mol. The van der Waals surface area contributed by atoms with Gasteiger partial charge in [-0.3, -0.25) is 4.79 Å². The van der Waals surface area contributed by atoms with Crippen LogP contribution in [-0.2, 0) is 10.0 Å². The first kappa shape index (κ1) is 23.2. The van der Waals surface area contributed by atoms with E-state index < -0.39 is 21.7 Å². The molecule has 1 saturated heterocycles. The predicted molar refractivity (Wildman–Crippen MR) is 127 cm³/mol. The Morgan fingerprint density at radius 1 is 1.06 bits per heavy atom. The molecular weight excluding hydrogens is 465 g/mol. The van der Waals surface area contributed by atoms with Gasteiger partial charge in [-0.15, -0.1) is 11.3 Å². The van der Waals surface area contributed by atoms with Crippen molar-refractivity contribution >= 4 is 38.6 Å². The molecule has 2 aromatic carbocycles. The number of rotatable bonds is 6. The molecule has 1 aliphatic heterocycles. The van der Waals surface area contributed by atoms with Crippen LogP contribution < -0.4 is 15.0 Å². The van der Waals surface area contributed by atoms with E-state index in [0.29, 0.717) is 31.7 Å². The molecular formula is C23H24FN3O4S2. The van der Waals surface area contributed by atoms with Gasteiger partial charge in [0.25, 0.3) is 5.91 Å². The van der Waals surface area contributed by atoms with Crippen LogP contribution in [0.25, 0.3) is 0 Å². The summed E-state index contributed by atoms with van der Waals surface area (Å²) in [7, 11) is -2.25. The van der Waals surface area contributed by atoms with E-state index in [4.69, 9.17) is 4.74 Å². The van der Waals surface area contributed by atoms with Crippen molar-refractivity contribution in [1.29, 1.82) is 0 Å². The van der Waals surface area contributed by atoms with Gasteiger partial charge >= 0.3 is 0 Å². The molecule has 0 atom stereocenters. The number of nitrogens with zero attached hydrogens (tertiary/aromatic N) is 2. The second kappa shape index (κ2) is 9.50. The van der Waals surface area contributed by atoms with Gasteiger partial charge in [-0.2, -0.15) is 4.31 Å². The van der Waals surface area contributed by atoms with E-state index in [0.717, 1.165) is 22.8 Å². The van der Waals surface area contributed by atoms with Crippen molar-refractivity contribution in [3.8, 4) is 5.75 Å². The molecule has 0 spiro atoms. The summed E-state index contributed by atoms with van der Waals surface area (Å²) in [5.41, 5.74) is 1.72. The second-order valence-corrected chi connectivity index (χ2v) is 10.4. The number of anilines is 2. The summed E-state index contributed by atoms with van der Waals surface area (Å²) in [6, 6.07) is 13.4. The average Bonchev–Trinajstić information content (AvgIpc) is 3.33. The van der Waals surface area contributed by atoms with E-state index in [1.165, 1.54) is 16.4 Å². The molecule has 3 aromatic rings. The molecule has 1 fully saturated rings. The van der Waals surface area contributed by atoms with Gasteiger partial charge in [-0.25, -0.2) is 12.8 Å². The van der Waals surface area contributed by atoms with Gasteiger partial charge in [0.05, 0.1) is 7.11 Å². The predicted octanol–water partition coefficient (Wildman–Crippen LogP) is 3.97. The Morgan fingerprint density at radius 3 is 2.39 bits per heavy atom. The van der Waals surface area contributed by atoms with Gasteiger partial charge in [-0.05, 0) is 60.3 Å². The minimum Gasteiger partial charge on any atom is -0.497 e. The number of aryl methyl sites for hydroxylation is 1. The molecule has 1 amide bonds. The summed E-state index contributed by atoms with van der Waals surface area (Å²) in [5, 5.41) is 4.17. The molecule has 1 N–H and O–H groups in total. The lowest BCUT2D eigenvalue weighted by Gasteiger charge is -2.35. The zero-order chi connectivity index (χ0) is 23.6. The third-order valence-electron chi connectivity index (χ3n) is 5.56. The summed E-state index contributed by atoms with van der Waals surface area (Å²) in [6.45, 7) is 3.28. The molecule has 0 radical (unpaired) electrons. The van der Waals surface area contributed by atoms with E-state index in [9.17, 15) is 17.6 Å². The van der Waals surface area contributed by atoms with Gasteiger partial charge < -0.3 is 15.0 Å². The Hall–Kier alpha value is -2.95. The van der Waals surface area contributed by atoms with E-state index in [1.54, 1.807) is 31.5 Å². The largest absolute Gasteiger partial charge is 0.497 e. The number of thiophene rings is 1. The van der Waals surface area contributed by atoms with Crippen LogP contribution in [0.2, 0.25) is 0 Å². The van der Waals surface area contributed by atoms with Crippen LogP contribution >= 0.6 is 11.3 Å². The topological polar surface area (TPSA) is 79.0 Å². The first-order valence-electron chi connectivity index (χ1n) is 10.3. The number of piperazine rings is 1. The molecule has 0 unspecified atom stereocenters. The SMILES string of the molecule is COc1ccc(N2CCN(S(=O)(=O)c3ccsc3C(=O)Nc3ccc(C)c(F)c3)CC2)cc1. The minimum atomic E-state index is -3.86. The molecule has 0 aliphatic carbocycles. The number of nitrogens with one attached hydrogen (secondary N) is 1. The highest BCUT2D eigenvalue weighted by Gasteiger charge is 2.32. The zero-order valence-corrected chi connectivity index (χ0v) is 19.9. The summed E-state index contributed by atoms with van der Waals surface area (Å²) in [5.74, 6) is -0.262. The fourth-order valence-corrected chi connectivity index (χ4v) is 6.36. The van der Waals surface area contributed by atoms with Crippen molar-refractivity contribution in [3.05, 3.63) is 70.2 Å². The quantitative estimate of drug-likeness (QED) is 0.567. The van der Waals surface area contributed by atoms with E-state index in [2.05, 4.69) is 10.2 Å². The van der Waals surface area contributed by atoms with Gasteiger partial charge in [0.15, 0.2) is 0 Å². The van der Waals surface area contributed by atoms with Crippen LogP contribution in [0.1, 0.15) is 15.2 Å². The van der Waals surface area contributed by atoms with Crippen molar-refractivity contribution in [2.45, 2.75) is 11.8 Å². The summed E-state index contributed by atoms with van der Waals surface area (Å²) < 4.78 is 47.0. The van der Waals surface area contributed by atoms with E-state index in [-0.39, 0.29) is 15.5 Å². The summed E-state index contributed by atoms with van der Waals surface area (Å²) in [6.07, 6.45) is 0. The molecule has 7 nitrogen and oxygen atoms in total. The number of hydrogen-bond acceptors (Lipinski definition) is 6. The number of amides is 1. The van der Waals surface area contributed by atoms with Crippen molar-refractivity contribution in [3.63, 3.8) is 0 Å². The first-order chi connectivity index (χ1) is 15.8. The van der Waals surface area contributed by atoms with Crippen LogP contribution in [0.15, 0.2) is 58.8 Å². The molecule has 0 bridgehead atoms. The maximum absolute atomic E-state index is 13.8. The molecule has 2 heterocycles. The molecule has 1 aromatic heterocycles. The molecule has 33 heavy (non-hydrogen) atoms. The Bertz CT molecular complexity index is 1250. The number of halogens is 1.